The van der Waals surface area contributed by atoms with Gasteiger partial charge in [0.25, 0.3) is 0 Å². The van der Waals surface area contributed by atoms with E-state index in [-0.39, 0.29) is 6.61 Å². The number of halogens is 3. The summed E-state index contributed by atoms with van der Waals surface area (Å²) < 4.78 is 38.1. The van der Waals surface area contributed by atoms with Crippen LogP contribution in [0, 0.1) is 0 Å². The van der Waals surface area contributed by atoms with Crippen LogP contribution in [0.1, 0.15) is 22.3 Å². The number of rotatable bonds is 5. The Kier molecular flexibility index (Phi) is 5.77. The van der Waals surface area contributed by atoms with Crippen molar-refractivity contribution in [2.24, 2.45) is 0 Å². The summed E-state index contributed by atoms with van der Waals surface area (Å²) in [5.41, 5.74) is 1.70. The van der Waals surface area contributed by atoms with Crippen molar-refractivity contribution < 1.29 is 28.2 Å². The van der Waals surface area contributed by atoms with Gasteiger partial charge in [0.2, 0.25) is 0 Å². The Balaban J connectivity index is 2.45. The van der Waals surface area contributed by atoms with Gasteiger partial charge in [0.1, 0.15) is 0 Å². The zero-order valence-electron chi connectivity index (χ0n) is 13.0. The molecule has 0 saturated heterocycles. The number of hydrogen-bond acceptors (Lipinski definition) is 2. The number of aliphatic hydroxyl groups excluding tert-OH is 1. The molecule has 130 valence electrons. The van der Waals surface area contributed by atoms with Gasteiger partial charge in [-0.2, -0.15) is 13.2 Å². The van der Waals surface area contributed by atoms with Gasteiger partial charge in [-0.1, -0.05) is 48.6 Å². The van der Waals surface area contributed by atoms with E-state index in [4.69, 9.17) is 10.2 Å². The molecule has 0 aliphatic carbocycles. The second-order valence-corrected chi connectivity index (χ2v) is 5.21. The summed E-state index contributed by atoms with van der Waals surface area (Å²) in [6.07, 6.45) is -0.652. The number of carbonyl (C=O) groups is 1. The number of carboxylic acid groups (broad SMARTS) is 1. The first-order valence-corrected chi connectivity index (χ1v) is 7.30. The van der Waals surface area contributed by atoms with Gasteiger partial charge in [0.05, 0.1) is 12.2 Å². The number of aliphatic hydroxyl groups is 1. The number of benzene rings is 2. The van der Waals surface area contributed by atoms with Gasteiger partial charge in [0.15, 0.2) is 0 Å². The Morgan fingerprint density at radius 1 is 0.960 bits per heavy atom. The summed E-state index contributed by atoms with van der Waals surface area (Å²) in [6.45, 7) is -0.126. The first kappa shape index (κ1) is 18.5. The molecule has 2 N–H and O–H groups in total. The molecular weight excluding hydrogens is 333 g/mol. The lowest BCUT2D eigenvalue weighted by atomic mass is 9.95. The van der Waals surface area contributed by atoms with Crippen molar-refractivity contribution in [3.63, 3.8) is 0 Å². The maximum absolute atomic E-state index is 12.7. The SMILES string of the molecule is O=C(O)/C=C/C=C(\c1ccc(CO)cc1)c1ccc(C(F)(F)F)cc1. The zero-order valence-corrected chi connectivity index (χ0v) is 13.0. The molecule has 3 nitrogen and oxygen atoms in total. The fourth-order valence-corrected chi connectivity index (χ4v) is 2.21. The molecule has 0 aliphatic rings. The highest BCUT2D eigenvalue weighted by Gasteiger charge is 2.30. The zero-order chi connectivity index (χ0) is 18.4. The molecule has 0 bridgehead atoms. The van der Waals surface area contributed by atoms with Crippen molar-refractivity contribution in [2.45, 2.75) is 12.8 Å². The molecule has 0 saturated carbocycles. The quantitative estimate of drug-likeness (QED) is 0.627. The van der Waals surface area contributed by atoms with Crippen LogP contribution in [-0.4, -0.2) is 16.2 Å². The van der Waals surface area contributed by atoms with E-state index in [0.717, 1.165) is 18.2 Å². The van der Waals surface area contributed by atoms with Crippen molar-refractivity contribution >= 4 is 11.5 Å². The normalized spacial score (nSPS) is 12.6. The minimum absolute atomic E-state index is 0.126. The van der Waals surface area contributed by atoms with Crippen LogP contribution in [0.15, 0.2) is 66.8 Å². The Hall–Kier alpha value is -2.86. The Labute approximate surface area is 142 Å². The number of allylic oxidation sites excluding steroid dienone is 2. The molecule has 6 heteroatoms. The van der Waals surface area contributed by atoms with Crippen molar-refractivity contribution in [2.75, 3.05) is 0 Å². The molecule has 2 aromatic carbocycles. The van der Waals surface area contributed by atoms with E-state index in [0.29, 0.717) is 22.3 Å². The van der Waals surface area contributed by atoms with E-state index in [9.17, 15) is 18.0 Å². The van der Waals surface area contributed by atoms with Gasteiger partial charge in [0, 0.05) is 6.08 Å². The van der Waals surface area contributed by atoms with Crippen LogP contribution in [0.25, 0.3) is 5.57 Å². The lowest BCUT2D eigenvalue weighted by molar-refractivity contribution is -0.137. The van der Waals surface area contributed by atoms with Gasteiger partial charge >= 0.3 is 12.1 Å². The molecule has 0 heterocycles. The van der Waals surface area contributed by atoms with Crippen LogP contribution >= 0.6 is 0 Å². The van der Waals surface area contributed by atoms with Crippen LogP contribution in [-0.2, 0) is 17.6 Å². The first-order valence-electron chi connectivity index (χ1n) is 7.30. The summed E-state index contributed by atoms with van der Waals surface area (Å²) in [4.78, 5) is 10.6. The highest BCUT2D eigenvalue weighted by molar-refractivity contribution is 5.84. The minimum Gasteiger partial charge on any atom is -0.478 e. The fraction of sp³-hybridized carbons (Fsp3) is 0.105. The smallest absolute Gasteiger partial charge is 0.416 e. The number of hydrogen-bond donors (Lipinski definition) is 2. The molecular formula is C19H15F3O3. The summed E-state index contributed by atoms with van der Waals surface area (Å²) in [7, 11) is 0. The molecule has 0 fully saturated rings. The molecule has 0 radical (unpaired) electrons. The molecule has 0 amide bonds. The Morgan fingerprint density at radius 3 is 1.92 bits per heavy atom. The van der Waals surface area contributed by atoms with Crippen molar-refractivity contribution in [3.8, 4) is 0 Å². The molecule has 0 spiro atoms. The molecule has 0 atom stereocenters. The average molecular weight is 348 g/mol. The molecule has 0 aliphatic heterocycles. The lowest BCUT2D eigenvalue weighted by Gasteiger charge is -2.11. The van der Waals surface area contributed by atoms with E-state index in [1.165, 1.54) is 24.3 Å². The molecule has 2 rings (SSSR count). The second kappa shape index (κ2) is 7.81. The van der Waals surface area contributed by atoms with E-state index in [2.05, 4.69) is 0 Å². The maximum atomic E-state index is 12.7. The van der Waals surface area contributed by atoms with E-state index >= 15 is 0 Å². The number of aliphatic carboxylic acids is 1. The third-order valence-electron chi connectivity index (χ3n) is 3.47. The van der Waals surface area contributed by atoms with Crippen molar-refractivity contribution in [1.29, 1.82) is 0 Å². The third-order valence-corrected chi connectivity index (χ3v) is 3.47. The third kappa shape index (κ3) is 5.06. The minimum atomic E-state index is -4.42. The van der Waals surface area contributed by atoms with E-state index < -0.39 is 17.7 Å². The van der Waals surface area contributed by atoms with E-state index in [1.54, 1.807) is 24.3 Å². The van der Waals surface area contributed by atoms with Crippen molar-refractivity contribution in [1.82, 2.24) is 0 Å². The largest absolute Gasteiger partial charge is 0.478 e. The van der Waals surface area contributed by atoms with E-state index in [1.807, 2.05) is 0 Å². The van der Waals surface area contributed by atoms with Gasteiger partial charge in [-0.15, -0.1) is 0 Å². The number of carboxylic acids is 1. The van der Waals surface area contributed by atoms with Crippen LogP contribution < -0.4 is 0 Å². The molecule has 2 aromatic rings. The van der Waals surface area contributed by atoms with Gasteiger partial charge in [-0.05, 0) is 34.4 Å². The summed E-state index contributed by atoms with van der Waals surface area (Å²) in [5.74, 6) is -1.13. The predicted octanol–water partition coefficient (Wildman–Crippen LogP) is 4.27. The lowest BCUT2D eigenvalue weighted by Crippen LogP contribution is -2.04. The standard InChI is InChI=1S/C19H15F3O3/c20-19(21,22)16-10-8-15(9-11-16)17(2-1-3-18(24)25)14-6-4-13(12-23)5-7-14/h1-11,23H,12H2,(H,24,25)/b3-1+,17-2+. The van der Waals surface area contributed by atoms with Gasteiger partial charge in [-0.25, -0.2) is 4.79 Å². The van der Waals surface area contributed by atoms with Gasteiger partial charge < -0.3 is 10.2 Å². The maximum Gasteiger partial charge on any atom is 0.416 e. The topological polar surface area (TPSA) is 57.5 Å². The number of alkyl halides is 3. The van der Waals surface area contributed by atoms with Crippen LogP contribution in [0.4, 0.5) is 13.2 Å². The summed E-state index contributed by atoms with van der Waals surface area (Å²) >= 11 is 0. The molecule has 25 heavy (non-hydrogen) atoms. The highest BCUT2D eigenvalue weighted by Crippen LogP contribution is 2.31. The average Bonchev–Trinajstić information content (AvgIpc) is 2.58. The summed E-state index contributed by atoms with van der Waals surface area (Å²) in [5, 5.41) is 17.8. The Morgan fingerprint density at radius 2 is 1.48 bits per heavy atom. The fourth-order valence-electron chi connectivity index (χ4n) is 2.21. The van der Waals surface area contributed by atoms with Gasteiger partial charge in [-0.3, -0.25) is 0 Å². The Bertz CT molecular complexity index is 786. The highest BCUT2D eigenvalue weighted by atomic mass is 19.4. The molecule has 0 aromatic heterocycles. The second-order valence-electron chi connectivity index (χ2n) is 5.21. The van der Waals surface area contributed by atoms with Crippen LogP contribution in [0.3, 0.4) is 0 Å². The summed E-state index contributed by atoms with van der Waals surface area (Å²) in [6, 6.07) is 11.4. The van der Waals surface area contributed by atoms with Crippen LogP contribution in [0.5, 0.6) is 0 Å². The first-order chi connectivity index (χ1) is 11.8. The predicted molar refractivity (Wildman–Crippen MR) is 87.7 cm³/mol. The molecule has 0 unspecified atom stereocenters. The monoisotopic (exact) mass is 348 g/mol. The van der Waals surface area contributed by atoms with Crippen LogP contribution in [0.2, 0.25) is 0 Å². The van der Waals surface area contributed by atoms with Crippen molar-refractivity contribution in [3.05, 3.63) is 89.0 Å².